The summed E-state index contributed by atoms with van der Waals surface area (Å²) in [5.74, 6) is 1.47. The summed E-state index contributed by atoms with van der Waals surface area (Å²) in [5, 5.41) is 0. The third-order valence-corrected chi connectivity index (χ3v) is 3.69. The zero-order valence-corrected chi connectivity index (χ0v) is 13.3. The van der Waals surface area contributed by atoms with Crippen LogP contribution in [0.1, 0.15) is 26.7 Å². The largest absolute Gasteiger partial charge is 0.491 e. The maximum absolute atomic E-state index is 5.94. The second kappa shape index (κ2) is 8.25. The molecule has 21 heavy (non-hydrogen) atoms. The lowest BCUT2D eigenvalue weighted by Crippen LogP contribution is -2.39. The maximum Gasteiger partial charge on any atom is 0.119 e. The quantitative estimate of drug-likeness (QED) is 0.785. The van der Waals surface area contributed by atoms with E-state index in [1.807, 2.05) is 12.1 Å². The highest BCUT2D eigenvalue weighted by molar-refractivity contribution is 5.49. The van der Waals surface area contributed by atoms with Crippen LogP contribution in [0.2, 0.25) is 0 Å². The second-order valence-electron chi connectivity index (χ2n) is 6.14. The first kappa shape index (κ1) is 16.1. The van der Waals surface area contributed by atoms with Crippen molar-refractivity contribution >= 4 is 5.69 Å². The number of anilines is 1. The first-order chi connectivity index (χ1) is 10.1. The van der Waals surface area contributed by atoms with Crippen LogP contribution in [0.25, 0.3) is 0 Å². The molecule has 2 N–H and O–H groups in total. The Bertz CT molecular complexity index is 398. The van der Waals surface area contributed by atoms with Gasteiger partial charge < -0.3 is 20.1 Å². The molecule has 0 bridgehead atoms. The van der Waals surface area contributed by atoms with Gasteiger partial charge in [-0.3, -0.25) is 0 Å². The van der Waals surface area contributed by atoms with Gasteiger partial charge in [-0.25, -0.2) is 0 Å². The fourth-order valence-corrected chi connectivity index (χ4v) is 2.45. The molecule has 1 fully saturated rings. The molecular weight excluding hydrogens is 264 g/mol. The Morgan fingerprint density at radius 1 is 1.14 bits per heavy atom. The zero-order valence-electron chi connectivity index (χ0n) is 13.3. The van der Waals surface area contributed by atoms with Gasteiger partial charge in [0, 0.05) is 31.4 Å². The molecule has 0 amide bonds. The number of ether oxygens (including phenoxy) is 2. The average molecular weight is 292 g/mol. The Morgan fingerprint density at radius 2 is 1.81 bits per heavy atom. The average Bonchev–Trinajstić information content (AvgIpc) is 2.48. The van der Waals surface area contributed by atoms with E-state index in [0.29, 0.717) is 25.2 Å². The summed E-state index contributed by atoms with van der Waals surface area (Å²) < 4.78 is 11.2. The standard InChI is InChI=1S/C17H28N2O2/c1-14(2)13-20-11-12-21-17-5-3-16(4-6-17)19-9-7-15(18)8-10-19/h3-6,14-15H,7-13,18H2,1-2H3. The Labute approximate surface area is 128 Å². The van der Waals surface area contributed by atoms with E-state index >= 15 is 0 Å². The van der Waals surface area contributed by atoms with Crippen molar-refractivity contribution in [3.8, 4) is 5.75 Å². The molecule has 2 rings (SSSR count). The van der Waals surface area contributed by atoms with Gasteiger partial charge in [-0.15, -0.1) is 0 Å². The van der Waals surface area contributed by atoms with Gasteiger partial charge in [-0.1, -0.05) is 13.8 Å². The molecule has 0 saturated carbocycles. The highest BCUT2D eigenvalue weighted by Crippen LogP contribution is 2.22. The van der Waals surface area contributed by atoms with Crippen molar-refractivity contribution < 1.29 is 9.47 Å². The second-order valence-corrected chi connectivity index (χ2v) is 6.14. The van der Waals surface area contributed by atoms with Gasteiger partial charge >= 0.3 is 0 Å². The predicted octanol–water partition coefficient (Wildman–Crippen LogP) is 2.67. The molecular formula is C17H28N2O2. The van der Waals surface area contributed by atoms with E-state index in [0.717, 1.165) is 38.3 Å². The molecule has 0 aliphatic carbocycles. The molecule has 4 nitrogen and oxygen atoms in total. The molecule has 118 valence electrons. The summed E-state index contributed by atoms with van der Waals surface area (Å²) in [7, 11) is 0. The molecule has 4 heteroatoms. The SMILES string of the molecule is CC(C)COCCOc1ccc(N2CCC(N)CC2)cc1. The van der Waals surface area contributed by atoms with Crippen molar-refractivity contribution in [1.29, 1.82) is 0 Å². The van der Waals surface area contributed by atoms with Crippen LogP contribution in [0.15, 0.2) is 24.3 Å². The summed E-state index contributed by atoms with van der Waals surface area (Å²) in [5.41, 5.74) is 7.19. The van der Waals surface area contributed by atoms with Crippen LogP contribution < -0.4 is 15.4 Å². The molecule has 1 aromatic rings. The number of rotatable bonds is 7. The van der Waals surface area contributed by atoms with Crippen LogP contribution in [0.3, 0.4) is 0 Å². The lowest BCUT2D eigenvalue weighted by Gasteiger charge is -2.32. The molecule has 1 aliphatic heterocycles. The van der Waals surface area contributed by atoms with Crippen LogP contribution in [0, 0.1) is 5.92 Å². The Hall–Kier alpha value is -1.26. The van der Waals surface area contributed by atoms with E-state index < -0.39 is 0 Å². The minimum atomic E-state index is 0.370. The number of hydrogen-bond acceptors (Lipinski definition) is 4. The summed E-state index contributed by atoms with van der Waals surface area (Å²) in [6.45, 7) is 8.42. The minimum absolute atomic E-state index is 0.370. The fourth-order valence-electron chi connectivity index (χ4n) is 2.45. The summed E-state index contributed by atoms with van der Waals surface area (Å²) >= 11 is 0. The maximum atomic E-state index is 5.94. The van der Waals surface area contributed by atoms with E-state index in [1.165, 1.54) is 5.69 Å². The highest BCUT2D eigenvalue weighted by Gasteiger charge is 2.16. The molecule has 0 spiro atoms. The molecule has 0 atom stereocenters. The van der Waals surface area contributed by atoms with Crippen molar-refractivity contribution in [2.45, 2.75) is 32.7 Å². The van der Waals surface area contributed by atoms with Gasteiger partial charge in [0.1, 0.15) is 12.4 Å². The molecule has 0 radical (unpaired) electrons. The van der Waals surface area contributed by atoms with Crippen LogP contribution in [0.5, 0.6) is 5.75 Å². The van der Waals surface area contributed by atoms with Crippen molar-refractivity contribution in [3.05, 3.63) is 24.3 Å². The molecule has 1 aromatic carbocycles. The van der Waals surface area contributed by atoms with Gasteiger partial charge in [-0.05, 0) is 43.0 Å². The molecule has 0 aromatic heterocycles. The van der Waals surface area contributed by atoms with Crippen molar-refractivity contribution in [1.82, 2.24) is 0 Å². The molecule has 1 saturated heterocycles. The number of hydrogen-bond donors (Lipinski definition) is 1. The van der Waals surface area contributed by atoms with E-state index in [-0.39, 0.29) is 0 Å². The van der Waals surface area contributed by atoms with Crippen LogP contribution in [-0.4, -0.2) is 39.0 Å². The lowest BCUT2D eigenvalue weighted by atomic mass is 10.1. The van der Waals surface area contributed by atoms with E-state index in [1.54, 1.807) is 0 Å². The Balaban J connectivity index is 1.72. The summed E-state index contributed by atoms with van der Waals surface area (Å²) in [4.78, 5) is 2.39. The first-order valence-electron chi connectivity index (χ1n) is 7.96. The van der Waals surface area contributed by atoms with E-state index in [9.17, 15) is 0 Å². The zero-order chi connectivity index (χ0) is 15.1. The molecule has 0 unspecified atom stereocenters. The smallest absolute Gasteiger partial charge is 0.119 e. The minimum Gasteiger partial charge on any atom is -0.491 e. The van der Waals surface area contributed by atoms with E-state index in [2.05, 4.69) is 30.9 Å². The Morgan fingerprint density at radius 3 is 2.43 bits per heavy atom. The van der Waals surface area contributed by atoms with Crippen molar-refractivity contribution in [2.24, 2.45) is 11.7 Å². The first-order valence-corrected chi connectivity index (χ1v) is 7.96. The van der Waals surface area contributed by atoms with Gasteiger partial charge in [0.15, 0.2) is 0 Å². The topological polar surface area (TPSA) is 47.7 Å². The van der Waals surface area contributed by atoms with E-state index in [4.69, 9.17) is 15.2 Å². The van der Waals surface area contributed by atoms with Crippen LogP contribution in [0.4, 0.5) is 5.69 Å². The van der Waals surface area contributed by atoms with Crippen LogP contribution in [-0.2, 0) is 4.74 Å². The summed E-state index contributed by atoms with van der Waals surface area (Å²) in [6, 6.07) is 8.69. The highest BCUT2D eigenvalue weighted by atomic mass is 16.5. The molecule has 1 aliphatic rings. The number of nitrogens with two attached hydrogens (primary N) is 1. The third-order valence-electron chi connectivity index (χ3n) is 3.69. The summed E-state index contributed by atoms with van der Waals surface area (Å²) in [6.07, 6.45) is 2.15. The van der Waals surface area contributed by atoms with Gasteiger partial charge in [-0.2, -0.15) is 0 Å². The predicted molar refractivity (Wildman–Crippen MR) is 87.0 cm³/mol. The van der Waals surface area contributed by atoms with Gasteiger partial charge in [0.25, 0.3) is 0 Å². The van der Waals surface area contributed by atoms with Gasteiger partial charge in [0.2, 0.25) is 0 Å². The number of nitrogens with zero attached hydrogens (tertiary/aromatic N) is 1. The number of benzene rings is 1. The lowest BCUT2D eigenvalue weighted by molar-refractivity contribution is 0.0819. The normalized spacial score (nSPS) is 16.5. The van der Waals surface area contributed by atoms with Crippen molar-refractivity contribution in [3.63, 3.8) is 0 Å². The monoisotopic (exact) mass is 292 g/mol. The fraction of sp³-hybridized carbons (Fsp3) is 0.647. The van der Waals surface area contributed by atoms with Crippen molar-refractivity contribution in [2.75, 3.05) is 37.8 Å². The Kier molecular flexibility index (Phi) is 6.33. The van der Waals surface area contributed by atoms with Crippen LogP contribution >= 0.6 is 0 Å². The molecule has 1 heterocycles. The number of piperidine rings is 1. The van der Waals surface area contributed by atoms with Gasteiger partial charge in [0.05, 0.1) is 6.61 Å². The third kappa shape index (κ3) is 5.56.